The van der Waals surface area contributed by atoms with Crippen LogP contribution in [-0.2, 0) is 35.3 Å². The Morgan fingerprint density at radius 1 is 1.02 bits per heavy atom. The molecule has 5 saturated carbocycles. The number of rotatable bonds is 8. The van der Waals surface area contributed by atoms with Gasteiger partial charge in [-0.3, -0.25) is 4.79 Å². The zero-order valence-corrected chi connectivity index (χ0v) is 25.4. The monoisotopic (exact) mass is 658 g/mol. The fraction of sp³-hybridized carbons (Fsp3) is 0.923. The van der Waals surface area contributed by atoms with E-state index in [0.717, 1.165) is 19.3 Å². The maximum Gasteiger partial charge on any atom is 0.426 e. The maximum atomic E-state index is 13.2. The van der Waals surface area contributed by atoms with E-state index in [0.29, 0.717) is 59.4 Å². The number of esters is 1. The van der Waals surface area contributed by atoms with Crippen molar-refractivity contribution in [3.05, 3.63) is 0 Å². The van der Waals surface area contributed by atoms with Gasteiger partial charge in [0.2, 0.25) is 0 Å². The Morgan fingerprint density at radius 3 is 1.98 bits per heavy atom. The molecule has 0 aromatic heterocycles. The van der Waals surface area contributed by atoms with E-state index in [1.165, 1.54) is 24.3 Å². The Kier molecular flexibility index (Phi) is 10.8. The molecule has 0 spiro atoms. The van der Waals surface area contributed by atoms with E-state index in [2.05, 4.69) is 18.6 Å². The van der Waals surface area contributed by atoms with Crippen molar-refractivity contribution in [1.82, 2.24) is 0 Å². The van der Waals surface area contributed by atoms with Crippen LogP contribution in [0.25, 0.3) is 0 Å². The smallest absolute Gasteiger partial charge is 0.426 e. The van der Waals surface area contributed by atoms with Gasteiger partial charge in [0.1, 0.15) is 21.6 Å². The van der Waals surface area contributed by atoms with Gasteiger partial charge >= 0.3 is 23.1 Å². The Hall–Kier alpha value is -0.730. The van der Waals surface area contributed by atoms with E-state index in [1.54, 1.807) is 0 Å². The number of hydrogen-bond donors (Lipinski definition) is 0. The largest absolute Gasteiger partial charge is 0.747 e. The molecule has 15 heteroatoms. The topological polar surface area (TPSA) is 101 Å². The summed E-state index contributed by atoms with van der Waals surface area (Å²) in [4.78, 5) is 23.5. The summed E-state index contributed by atoms with van der Waals surface area (Å²) in [6, 6.07) is 0. The van der Waals surface area contributed by atoms with Crippen LogP contribution in [0.4, 0.5) is 26.3 Å². The zero-order valence-electron chi connectivity index (χ0n) is 23.0. The predicted octanol–water partition coefficient (Wildman–Crippen LogP) is 5.78. The highest BCUT2D eigenvalue weighted by Crippen LogP contribution is 2.63. The molecule has 0 aliphatic heterocycles. The van der Waals surface area contributed by atoms with Crippen LogP contribution >= 0.6 is 11.6 Å². The first-order chi connectivity index (χ1) is 18.9. The molecule has 5 rings (SSSR count). The summed E-state index contributed by atoms with van der Waals surface area (Å²) >= 11 is 6.09. The summed E-state index contributed by atoms with van der Waals surface area (Å²) in [5.74, 6) is -0.0936. The summed E-state index contributed by atoms with van der Waals surface area (Å²) in [5.41, 5.74) is -0.591. The SMILES string of the molecule is CC[S+](CC)C1CCCCC1=O.O=C(OCC1C2CC3CC(C2)CC1(CCl)C3)C(C(F)(F)F)(C(F)(F)F)S(=O)(=O)[O-]. The summed E-state index contributed by atoms with van der Waals surface area (Å²) in [5, 5.41) is 0.439. The molecule has 0 aromatic rings. The highest BCUT2D eigenvalue weighted by atomic mass is 35.5. The molecule has 41 heavy (non-hydrogen) atoms. The van der Waals surface area contributed by atoms with Gasteiger partial charge in [-0.1, -0.05) is 0 Å². The van der Waals surface area contributed by atoms with E-state index in [1.807, 2.05) is 0 Å². The number of hydrogen-bond acceptors (Lipinski definition) is 6. The lowest BCUT2D eigenvalue weighted by atomic mass is 9.46. The molecular formula is C26H37ClF6O6S2. The van der Waals surface area contributed by atoms with Crippen LogP contribution in [0, 0.1) is 29.1 Å². The van der Waals surface area contributed by atoms with E-state index in [9.17, 15) is 48.9 Å². The number of carbonyl (C=O) groups is 2. The van der Waals surface area contributed by atoms with Crippen LogP contribution in [0.15, 0.2) is 0 Å². The van der Waals surface area contributed by atoms with Crippen molar-refractivity contribution in [3.8, 4) is 0 Å². The van der Waals surface area contributed by atoms with Crippen molar-refractivity contribution < 1.29 is 53.6 Å². The fourth-order valence-electron chi connectivity index (χ4n) is 7.79. The molecule has 5 aliphatic carbocycles. The van der Waals surface area contributed by atoms with Gasteiger partial charge < -0.3 is 9.29 Å². The summed E-state index contributed by atoms with van der Waals surface area (Å²) in [7, 11) is -6.84. The molecule has 0 radical (unpaired) electrons. The number of halogens is 7. The normalized spacial score (nSPS) is 32.1. The molecule has 5 fully saturated rings. The van der Waals surface area contributed by atoms with Crippen LogP contribution in [-0.4, -0.2) is 71.1 Å². The molecule has 4 unspecified atom stereocenters. The molecule has 0 amide bonds. The molecule has 4 atom stereocenters. The van der Waals surface area contributed by atoms with Crippen molar-refractivity contribution in [2.75, 3.05) is 24.0 Å². The second-order valence-corrected chi connectivity index (χ2v) is 16.3. The summed E-state index contributed by atoms with van der Waals surface area (Å²) < 4.78 is 111. The lowest BCUT2D eigenvalue weighted by Crippen LogP contribution is -2.67. The Balaban J connectivity index is 0.000000322. The number of ketones is 1. The summed E-state index contributed by atoms with van der Waals surface area (Å²) in [6.45, 7) is 3.59. The Morgan fingerprint density at radius 2 is 1.56 bits per heavy atom. The summed E-state index contributed by atoms with van der Waals surface area (Å²) in [6.07, 6.45) is -5.42. The maximum absolute atomic E-state index is 13.2. The van der Waals surface area contributed by atoms with Gasteiger partial charge in [0, 0.05) is 24.6 Å². The van der Waals surface area contributed by atoms with Crippen molar-refractivity contribution in [3.63, 3.8) is 0 Å². The van der Waals surface area contributed by atoms with E-state index in [-0.39, 0.29) is 11.8 Å². The van der Waals surface area contributed by atoms with Crippen LogP contribution in [0.2, 0.25) is 0 Å². The van der Waals surface area contributed by atoms with Crippen molar-refractivity contribution in [1.29, 1.82) is 0 Å². The minimum atomic E-state index is -7.24. The lowest BCUT2D eigenvalue weighted by molar-refractivity contribution is -0.270. The lowest BCUT2D eigenvalue weighted by Gasteiger charge is -2.60. The van der Waals surface area contributed by atoms with Gasteiger partial charge in [-0.2, -0.15) is 26.3 Å². The van der Waals surface area contributed by atoms with Gasteiger partial charge in [0.05, 0.1) is 6.61 Å². The second-order valence-electron chi connectivity index (χ2n) is 11.8. The molecule has 4 bridgehead atoms. The molecule has 5 aliphatic rings. The van der Waals surface area contributed by atoms with Crippen molar-refractivity contribution in [2.45, 2.75) is 94.0 Å². The average molecular weight is 659 g/mol. The highest BCUT2D eigenvalue weighted by molar-refractivity contribution is 7.98. The predicted molar refractivity (Wildman–Crippen MR) is 141 cm³/mol. The number of carbonyl (C=O) groups excluding carboxylic acids is 2. The highest BCUT2D eigenvalue weighted by Gasteiger charge is 2.81. The van der Waals surface area contributed by atoms with Crippen LogP contribution < -0.4 is 0 Å². The molecule has 0 saturated heterocycles. The van der Waals surface area contributed by atoms with Crippen LogP contribution in [0.5, 0.6) is 0 Å². The molecule has 0 aromatic carbocycles. The second kappa shape index (κ2) is 12.7. The minimum absolute atomic E-state index is 0.0946. The fourth-order valence-corrected chi connectivity index (χ4v) is 11.2. The molecule has 6 nitrogen and oxygen atoms in total. The molecule has 238 valence electrons. The van der Waals surface area contributed by atoms with Crippen LogP contribution in [0.3, 0.4) is 0 Å². The van der Waals surface area contributed by atoms with Crippen molar-refractivity contribution in [2.24, 2.45) is 29.1 Å². The average Bonchev–Trinajstić information content (AvgIpc) is 2.83. The first-order valence-corrected chi connectivity index (χ1v) is 17.5. The number of alkyl halides is 7. The third-order valence-corrected chi connectivity index (χ3v) is 14.1. The van der Waals surface area contributed by atoms with Gasteiger partial charge in [-0.05, 0) is 92.9 Å². The van der Waals surface area contributed by atoms with Gasteiger partial charge in [0.15, 0.2) is 11.0 Å². The first-order valence-electron chi connectivity index (χ1n) is 13.9. The molecule has 0 heterocycles. The first kappa shape index (κ1) is 34.8. The van der Waals surface area contributed by atoms with Gasteiger partial charge in [0.25, 0.3) is 0 Å². The van der Waals surface area contributed by atoms with E-state index in [4.69, 9.17) is 11.6 Å². The Bertz CT molecular complexity index is 1030. The van der Waals surface area contributed by atoms with Crippen LogP contribution in [0.1, 0.15) is 71.6 Å². The third-order valence-electron chi connectivity index (χ3n) is 9.45. The van der Waals surface area contributed by atoms with Crippen molar-refractivity contribution >= 4 is 44.4 Å². The van der Waals surface area contributed by atoms with Gasteiger partial charge in [-0.25, -0.2) is 13.2 Å². The van der Waals surface area contributed by atoms with E-state index < -0.39 is 51.1 Å². The Labute approximate surface area is 244 Å². The minimum Gasteiger partial charge on any atom is -0.747 e. The number of Topliss-reactive ketones (excluding diaryl/α,β-unsaturated/α-hetero) is 1. The third kappa shape index (κ3) is 6.55. The molecule has 0 N–H and O–H groups in total. The molecular weight excluding hydrogens is 622 g/mol. The quantitative estimate of drug-likeness (QED) is 0.108. The zero-order chi connectivity index (χ0) is 31.0. The number of ether oxygens (including phenoxy) is 1. The van der Waals surface area contributed by atoms with Gasteiger partial charge in [-0.15, -0.1) is 11.6 Å². The van der Waals surface area contributed by atoms with E-state index >= 15 is 0 Å². The standard InChI is InChI=1S/C16H19ClF6O5S.C10H19OS/c17-7-13-4-8-1-9(5-13)3-10(2-8)11(13)6-28-12(24)14(15(18,19)20,16(21,22)23)29(25,26)27;1-3-12(4-2)10-8-6-5-7-9(10)11/h8-11H,1-7H2,(H,25,26,27);10H,3-8H2,1-2H3/q;+1/p-1.